The summed E-state index contributed by atoms with van der Waals surface area (Å²) < 4.78 is 2.03. The van der Waals surface area contributed by atoms with Crippen LogP contribution < -0.4 is 10.6 Å². The van der Waals surface area contributed by atoms with Crippen LogP contribution in [0.1, 0.15) is 32.0 Å². The molecule has 1 aliphatic heterocycles. The zero-order chi connectivity index (χ0) is 14.9. The molecule has 0 saturated carbocycles. The summed E-state index contributed by atoms with van der Waals surface area (Å²) in [6.07, 6.45) is 0.900. The van der Waals surface area contributed by atoms with Crippen molar-refractivity contribution in [3.05, 3.63) is 11.3 Å². The molecule has 2 atom stereocenters. The highest BCUT2D eigenvalue weighted by Gasteiger charge is 2.27. The van der Waals surface area contributed by atoms with E-state index in [2.05, 4.69) is 42.6 Å². The van der Waals surface area contributed by atoms with E-state index in [1.165, 1.54) is 11.4 Å². The number of nitrogens with two attached hydrogens (primary N) is 1. The fraction of sp³-hybridized carbons (Fsp3) is 0.800. The van der Waals surface area contributed by atoms with Gasteiger partial charge >= 0.3 is 0 Å². The first-order chi connectivity index (χ1) is 9.43. The Morgan fingerprint density at radius 3 is 2.65 bits per heavy atom. The third kappa shape index (κ3) is 2.99. The maximum absolute atomic E-state index is 6.01. The van der Waals surface area contributed by atoms with Crippen molar-refractivity contribution in [2.45, 2.75) is 46.2 Å². The Hall–Kier alpha value is -1.07. The minimum atomic E-state index is 0.172. The van der Waals surface area contributed by atoms with Crippen molar-refractivity contribution in [2.24, 2.45) is 12.8 Å². The topological polar surface area (TPSA) is 50.3 Å². The molecular formula is C15H29N5. The Morgan fingerprint density at radius 1 is 1.40 bits per heavy atom. The van der Waals surface area contributed by atoms with Gasteiger partial charge in [-0.3, -0.25) is 9.58 Å². The van der Waals surface area contributed by atoms with E-state index in [9.17, 15) is 0 Å². The molecule has 2 N–H and O–H groups in total. The Kier molecular flexibility index (Phi) is 4.70. The van der Waals surface area contributed by atoms with Crippen LogP contribution in [0.25, 0.3) is 0 Å². The summed E-state index contributed by atoms with van der Waals surface area (Å²) in [5.41, 5.74) is 8.44. The first-order valence-corrected chi connectivity index (χ1v) is 7.71. The molecule has 0 amide bonds. The molecule has 1 aliphatic rings. The lowest BCUT2D eigenvalue weighted by Crippen LogP contribution is -2.52. The number of anilines is 1. The molecule has 0 bridgehead atoms. The third-order valence-corrected chi connectivity index (χ3v) is 4.31. The van der Waals surface area contributed by atoms with E-state index in [1.54, 1.807) is 0 Å². The summed E-state index contributed by atoms with van der Waals surface area (Å²) in [7, 11) is 2.05. The molecule has 2 rings (SSSR count). The summed E-state index contributed by atoms with van der Waals surface area (Å²) in [4.78, 5) is 5.01. The van der Waals surface area contributed by atoms with Gasteiger partial charge in [0.05, 0.1) is 5.69 Å². The average molecular weight is 279 g/mol. The maximum atomic E-state index is 6.01. The molecule has 5 nitrogen and oxygen atoms in total. The normalized spacial score (nSPS) is 22.3. The molecule has 1 saturated heterocycles. The van der Waals surface area contributed by atoms with Crippen molar-refractivity contribution in [3.63, 3.8) is 0 Å². The van der Waals surface area contributed by atoms with Crippen molar-refractivity contribution in [1.82, 2.24) is 14.7 Å². The first kappa shape index (κ1) is 15.3. The summed E-state index contributed by atoms with van der Waals surface area (Å²) in [6.45, 7) is 13.1. The molecule has 0 aliphatic carbocycles. The average Bonchev–Trinajstić information content (AvgIpc) is 2.63. The fourth-order valence-electron chi connectivity index (χ4n) is 3.30. The Morgan fingerprint density at radius 2 is 2.10 bits per heavy atom. The quantitative estimate of drug-likeness (QED) is 0.898. The van der Waals surface area contributed by atoms with Crippen molar-refractivity contribution in [3.8, 4) is 0 Å². The minimum absolute atomic E-state index is 0.172. The van der Waals surface area contributed by atoms with Crippen LogP contribution in [-0.2, 0) is 13.5 Å². The zero-order valence-electron chi connectivity index (χ0n) is 13.6. The van der Waals surface area contributed by atoms with Crippen molar-refractivity contribution < 1.29 is 0 Å². The predicted molar refractivity (Wildman–Crippen MR) is 84.2 cm³/mol. The van der Waals surface area contributed by atoms with Crippen LogP contribution in [0.4, 0.5) is 5.82 Å². The number of likely N-dealkylation sites (N-methyl/N-ethyl adjacent to an activating group) is 1. The van der Waals surface area contributed by atoms with Gasteiger partial charge in [-0.25, -0.2) is 0 Å². The van der Waals surface area contributed by atoms with Crippen LogP contribution in [-0.4, -0.2) is 52.9 Å². The number of piperazine rings is 1. The first-order valence-electron chi connectivity index (χ1n) is 7.71. The van der Waals surface area contributed by atoms with Crippen LogP contribution >= 0.6 is 0 Å². The van der Waals surface area contributed by atoms with Crippen LogP contribution in [0.5, 0.6) is 0 Å². The van der Waals surface area contributed by atoms with Crippen LogP contribution in [0, 0.1) is 6.92 Å². The summed E-state index contributed by atoms with van der Waals surface area (Å²) in [5, 5.41) is 4.61. The highest BCUT2D eigenvalue weighted by Crippen LogP contribution is 2.26. The number of nitrogens with zero attached hydrogens (tertiary/aromatic N) is 4. The van der Waals surface area contributed by atoms with E-state index in [4.69, 9.17) is 5.73 Å². The second kappa shape index (κ2) is 6.14. The number of hydrogen-bond donors (Lipinski definition) is 1. The lowest BCUT2D eigenvalue weighted by Gasteiger charge is -2.40. The number of aromatic nitrogens is 2. The number of aryl methyl sites for hydroxylation is 2. The minimum Gasteiger partial charge on any atom is -0.354 e. The third-order valence-electron chi connectivity index (χ3n) is 4.31. The molecule has 1 aromatic heterocycles. The van der Waals surface area contributed by atoms with Crippen molar-refractivity contribution in [1.29, 1.82) is 0 Å². The molecule has 2 unspecified atom stereocenters. The standard InChI is InChI=1S/C15H29N5/c1-6-19-7-8-20(10-12(19)3)15-14(9-11(2)16)13(4)17-18(15)5/h11-12H,6-10,16H2,1-5H3. The van der Waals surface area contributed by atoms with Crippen molar-refractivity contribution in [2.75, 3.05) is 31.1 Å². The second-order valence-corrected chi connectivity index (χ2v) is 6.12. The predicted octanol–water partition coefficient (Wildman–Crippen LogP) is 1.15. The van der Waals surface area contributed by atoms with E-state index >= 15 is 0 Å². The van der Waals surface area contributed by atoms with Crippen LogP contribution in [0.3, 0.4) is 0 Å². The van der Waals surface area contributed by atoms with Gasteiger partial charge in [0.1, 0.15) is 5.82 Å². The lowest BCUT2D eigenvalue weighted by molar-refractivity contribution is 0.198. The Bertz CT molecular complexity index is 451. The van der Waals surface area contributed by atoms with E-state index in [0.29, 0.717) is 6.04 Å². The molecule has 0 radical (unpaired) electrons. The Balaban J connectivity index is 2.24. The van der Waals surface area contributed by atoms with Crippen molar-refractivity contribution >= 4 is 5.82 Å². The monoisotopic (exact) mass is 279 g/mol. The molecule has 20 heavy (non-hydrogen) atoms. The smallest absolute Gasteiger partial charge is 0.130 e. The molecule has 1 aromatic rings. The van der Waals surface area contributed by atoms with Gasteiger partial charge < -0.3 is 10.6 Å². The molecular weight excluding hydrogens is 250 g/mol. The molecule has 2 heterocycles. The lowest BCUT2D eigenvalue weighted by atomic mass is 10.1. The van der Waals surface area contributed by atoms with Gasteiger partial charge in [0.15, 0.2) is 0 Å². The number of rotatable bonds is 4. The van der Waals surface area contributed by atoms with Gasteiger partial charge in [-0.15, -0.1) is 0 Å². The fourth-order valence-corrected chi connectivity index (χ4v) is 3.30. The highest BCUT2D eigenvalue weighted by atomic mass is 15.4. The highest BCUT2D eigenvalue weighted by molar-refractivity contribution is 5.51. The Labute approximate surface area is 122 Å². The van der Waals surface area contributed by atoms with E-state index in [1.807, 2.05) is 11.7 Å². The molecule has 114 valence electrons. The molecule has 1 fully saturated rings. The maximum Gasteiger partial charge on any atom is 0.130 e. The second-order valence-electron chi connectivity index (χ2n) is 6.12. The van der Waals surface area contributed by atoms with Gasteiger partial charge in [-0.2, -0.15) is 5.10 Å². The number of hydrogen-bond acceptors (Lipinski definition) is 4. The van der Waals surface area contributed by atoms with E-state index < -0.39 is 0 Å². The van der Waals surface area contributed by atoms with Crippen LogP contribution in [0.2, 0.25) is 0 Å². The van der Waals surface area contributed by atoms with E-state index in [0.717, 1.165) is 38.3 Å². The van der Waals surface area contributed by atoms with Gasteiger partial charge in [0.25, 0.3) is 0 Å². The molecule has 0 aromatic carbocycles. The molecule has 0 spiro atoms. The molecule has 5 heteroatoms. The van der Waals surface area contributed by atoms with Gasteiger partial charge in [-0.1, -0.05) is 6.92 Å². The largest absolute Gasteiger partial charge is 0.354 e. The van der Waals surface area contributed by atoms with Gasteiger partial charge in [-0.05, 0) is 33.7 Å². The SMILES string of the molecule is CCN1CCN(c2c(CC(C)N)c(C)nn2C)CC1C. The summed E-state index contributed by atoms with van der Waals surface area (Å²) >= 11 is 0. The van der Waals surface area contributed by atoms with Gasteiger partial charge in [0, 0.05) is 44.3 Å². The summed E-state index contributed by atoms with van der Waals surface area (Å²) in [5.74, 6) is 1.27. The summed E-state index contributed by atoms with van der Waals surface area (Å²) in [6, 6.07) is 0.762. The van der Waals surface area contributed by atoms with E-state index in [-0.39, 0.29) is 6.04 Å². The van der Waals surface area contributed by atoms with Gasteiger partial charge in [0.2, 0.25) is 0 Å². The van der Waals surface area contributed by atoms with Crippen LogP contribution in [0.15, 0.2) is 0 Å². The zero-order valence-corrected chi connectivity index (χ0v) is 13.6.